The molecule has 0 bridgehead atoms. The Balaban J connectivity index is 1.74. The highest BCUT2D eigenvalue weighted by molar-refractivity contribution is 8.27. The first kappa shape index (κ1) is 43.4. The van der Waals surface area contributed by atoms with Crippen LogP contribution in [0.1, 0.15) is 59.2 Å². The summed E-state index contributed by atoms with van der Waals surface area (Å²) in [5.74, 6) is 7.40. The molecule has 0 spiro atoms. The molecule has 0 aliphatic carbocycles. The number of alkyl halides is 4. The predicted octanol–water partition coefficient (Wildman–Crippen LogP) is 7.33. The minimum absolute atomic E-state index is 0.0958. The van der Waals surface area contributed by atoms with Crippen molar-refractivity contribution in [2.24, 2.45) is 7.05 Å². The fourth-order valence-electron chi connectivity index (χ4n) is 6.03. The van der Waals surface area contributed by atoms with Crippen molar-refractivity contribution in [2.45, 2.75) is 88.9 Å². The highest BCUT2D eigenvalue weighted by Crippen LogP contribution is 2.39. The molecule has 1 amide bonds. The molecule has 3 aromatic rings. The lowest BCUT2D eigenvalue weighted by molar-refractivity contribution is -0.128. The molecule has 0 saturated carbocycles. The molecule has 1 fully saturated rings. The average Bonchev–Trinajstić information content (AvgIpc) is 3.36. The number of amides is 1. The number of hydrogen-bond acceptors (Lipinski definition) is 9. The van der Waals surface area contributed by atoms with Gasteiger partial charge in [-0.15, -0.1) is 0 Å². The Morgan fingerprint density at radius 1 is 1.00 bits per heavy atom. The van der Waals surface area contributed by atoms with Crippen molar-refractivity contribution >= 4 is 54.0 Å². The van der Waals surface area contributed by atoms with Crippen LogP contribution in [0.4, 0.5) is 33.7 Å². The lowest BCUT2D eigenvalue weighted by atomic mass is 10.0. The van der Waals surface area contributed by atoms with Gasteiger partial charge in [-0.2, -0.15) is 13.2 Å². The minimum atomic E-state index is -4.59. The number of fused-ring (bicyclic) bond motifs is 1. The predicted molar refractivity (Wildman–Crippen MR) is 208 cm³/mol. The molecule has 2 heterocycles. The van der Waals surface area contributed by atoms with Gasteiger partial charge in [0.2, 0.25) is 0 Å². The lowest BCUT2D eigenvalue weighted by Crippen LogP contribution is -2.51. The molecule has 4 rings (SSSR count). The maximum absolute atomic E-state index is 15.3. The number of nitrogens with one attached hydrogen (secondary N) is 1. The first-order valence-corrected chi connectivity index (χ1v) is 19.6. The van der Waals surface area contributed by atoms with Crippen LogP contribution in [-0.2, 0) is 37.3 Å². The van der Waals surface area contributed by atoms with Gasteiger partial charge in [0.1, 0.15) is 23.1 Å². The van der Waals surface area contributed by atoms with E-state index in [1.807, 2.05) is 0 Å². The second kappa shape index (κ2) is 16.8. The van der Waals surface area contributed by atoms with Crippen molar-refractivity contribution in [2.75, 3.05) is 43.2 Å². The van der Waals surface area contributed by atoms with Gasteiger partial charge in [-0.3, -0.25) is 4.90 Å². The van der Waals surface area contributed by atoms with Gasteiger partial charge in [0.15, 0.2) is 16.4 Å². The minimum Gasteiger partial charge on any atom is -0.495 e. The van der Waals surface area contributed by atoms with Gasteiger partial charge in [0.05, 0.1) is 49.4 Å². The van der Waals surface area contributed by atoms with Gasteiger partial charge in [0, 0.05) is 35.3 Å². The van der Waals surface area contributed by atoms with E-state index in [2.05, 4.69) is 17.2 Å². The monoisotopic (exact) mass is 802 g/mol. The third-order valence-corrected chi connectivity index (χ3v) is 10.5. The van der Waals surface area contributed by atoms with Crippen molar-refractivity contribution in [3.8, 4) is 17.6 Å². The number of nitrogens with zero attached hydrogens (tertiary/aromatic N) is 3. The molecular weight excluding hydrogens is 757 g/mol. The number of carbonyl (C=O) groups excluding carboxylic acids is 4. The molecule has 1 N–H and O–H groups in total. The second-order valence-electron chi connectivity index (χ2n) is 15.3. The Hall–Kier alpha value is -5.31. The van der Waals surface area contributed by atoms with Gasteiger partial charge in [-0.25, -0.2) is 23.6 Å². The zero-order valence-electron chi connectivity index (χ0n) is 32.8. The van der Waals surface area contributed by atoms with Crippen LogP contribution in [0, 0.1) is 11.8 Å². The first-order chi connectivity index (χ1) is 26.0. The Morgan fingerprint density at radius 3 is 2.21 bits per heavy atom. The van der Waals surface area contributed by atoms with E-state index in [1.54, 1.807) is 76.1 Å². The van der Waals surface area contributed by atoms with Crippen LogP contribution in [0.2, 0.25) is 0 Å². The number of hydrogen-bond donors (Lipinski definition) is 1. The molecule has 2 atom stereocenters. The fraction of sp³-hybridized carbons (Fsp3) is 0.475. The Labute approximate surface area is 324 Å². The zero-order chi connectivity index (χ0) is 41.8. The number of aryl methyl sites for hydroxylation is 1. The molecule has 1 aromatic heterocycles. The number of anilines is 2. The Bertz CT molecular complexity index is 2250. The highest BCUT2D eigenvalue weighted by Gasteiger charge is 2.35. The summed E-state index contributed by atoms with van der Waals surface area (Å²) in [6, 6.07) is 8.60. The van der Waals surface area contributed by atoms with Crippen LogP contribution < -0.4 is 15.0 Å². The zero-order valence-corrected chi connectivity index (χ0v) is 33.6. The van der Waals surface area contributed by atoms with E-state index in [0.717, 1.165) is 0 Å². The quantitative estimate of drug-likeness (QED) is 0.0781. The molecule has 1 aliphatic rings. The number of carbonyl (C=O) groups is 1. The summed E-state index contributed by atoms with van der Waals surface area (Å²) in [5, 5.41) is 7.03. The van der Waals surface area contributed by atoms with Gasteiger partial charge in [0.25, 0.3) is 5.88 Å². The Kier molecular flexibility index (Phi) is 13.0. The summed E-state index contributed by atoms with van der Waals surface area (Å²) in [6.45, 7) is 10.1. The summed E-state index contributed by atoms with van der Waals surface area (Å²) in [4.78, 5) is 51.1. The third-order valence-electron chi connectivity index (χ3n) is 8.67. The summed E-state index contributed by atoms with van der Waals surface area (Å²) >= 11 is 0. The number of benzene rings is 2. The average molecular weight is 803 g/mol. The molecule has 1 aliphatic heterocycles. The fourth-order valence-corrected chi connectivity index (χ4v) is 6.94. The van der Waals surface area contributed by atoms with E-state index < -0.39 is 51.3 Å². The molecule has 16 heteroatoms. The number of halogens is 4. The van der Waals surface area contributed by atoms with Gasteiger partial charge in [-0.05, 0) is 99.8 Å². The van der Waals surface area contributed by atoms with Crippen LogP contribution in [-0.4, -0.2) is 94.6 Å². The third kappa shape index (κ3) is 10.5. The van der Waals surface area contributed by atoms with E-state index in [9.17, 15) is 32.3 Å². The number of aromatic nitrogens is 1. The molecule has 302 valence electrons. The smallest absolute Gasteiger partial charge is 0.410 e. The van der Waals surface area contributed by atoms with Crippen molar-refractivity contribution < 1.29 is 51.0 Å². The van der Waals surface area contributed by atoms with Crippen LogP contribution in [0.3, 0.4) is 0 Å². The van der Waals surface area contributed by atoms with Crippen LogP contribution >= 0.6 is 9.21 Å². The van der Waals surface area contributed by atoms with E-state index in [0.29, 0.717) is 16.6 Å². The number of ether oxygens (including phenoxy) is 3. The standard InChI is InChI=1S/C40H46F4N4O7S/c1-38(2,3)54-36(23-49)48(32-15-13-27(20-35(32)53-8)56(9,24-50)25-51)17-10-11-28-29-14-12-26(19-33(29)46(7)34(28)21-40(42,43)44)45-31-16-18-47(22-30(31)41)37(52)55-39(4,5)6/h12-15,19-20,30-31,45H,16-18,21-22H2,1-9H3/t30-,31+/m1/s1. The lowest BCUT2D eigenvalue weighted by Gasteiger charge is -2.36. The topological polar surface area (TPSA) is 119 Å². The van der Waals surface area contributed by atoms with E-state index in [1.165, 1.54) is 53.0 Å². The molecule has 2 aromatic carbocycles. The van der Waals surface area contributed by atoms with E-state index >= 15 is 4.39 Å². The van der Waals surface area contributed by atoms with Crippen LogP contribution in [0.5, 0.6) is 5.75 Å². The van der Waals surface area contributed by atoms with E-state index in [4.69, 9.17) is 14.2 Å². The summed E-state index contributed by atoms with van der Waals surface area (Å²) in [6.07, 6.45) is -6.26. The maximum Gasteiger partial charge on any atom is 0.410 e. The van der Waals surface area contributed by atoms with E-state index in [-0.39, 0.29) is 59.5 Å². The molecule has 56 heavy (non-hydrogen) atoms. The molecule has 0 unspecified atom stereocenters. The Morgan fingerprint density at radius 2 is 1.66 bits per heavy atom. The van der Waals surface area contributed by atoms with Crippen LogP contribution in [0.25, 0.3) is 10.9 Å². The van der Waals surface area contributed by atoms with Crippen molar-refractivity contribution in [3.05, 3.63) is 53.5 Å². The molecule has 0 radical (unpaired) electrons. The van der Waals surface area contributed by atoms with Crippen LogP contribution in [0.15, 0.2) is 47.2 Å². The summed E-state index contributed by atoms with van der Waals surface area (Å²) in [7, 11) is 0.0991. The maximum atomic E-state index is 15.3. The number of likely N-dealkylation sites (tertiary alicyclic amines) is 1. The summed E-state index contributed by atoms with van der Waals surface area (Å²) < 4.78 is 75.5. The van der Waals surface area contributed by atoms with Crippen molar-refractivity contribution in [1.82, 2.24) is 9.47 Å². The number of piperidine rings is 1. The highest BCUT2D eigenvalue weighted by atomic mass is 32.2. The van der Waals surface area contributed by atoms with Crippen molar-refractivity contribution in [1.29, 1.82) is 0 Å². The summed E-state index contributed by atoms with van der Waals surface area (Å²) in [5.41, 5.74) is -0.528. The molecule has 11 nitrogen and oxygen atoms in total. The van der Waals surface area contributed by atoms with Gasteiger partial charge in [-0.1, -0.05) is 11.8 Å². The normalized spacial score (nSPS) is 16.1. The number of methoxy groups -OCH3 is 1. The number of rotatable bonds is 9. The molecule has 1 saturated heterocycles. The van der Waals surface area contributed by atoms with Gasteiger partial charge >= 0.3 is 12.3 Å². The van der Waals surface area contributed by atoms with Crippen molar-refractivity contribution in [3.63, 3.8) is 0 Å². The SMILES string of the molecule is COc1cc(S(C)(=C=O)=C=O)ccc1N(CC#Cc1c(CC(F)(F)F)n(C)c2cc(N[C@H]3CCN(C(=O)OC(C)(C)C)C[C@H]3F)ccc12)C(=C=O)OC(C)(C)C. The molecular formula is C40H46F4N4O7S. The largest absolute Gasteiger partial charge is 0.495 e. The first-order valence-electron chi connectivity index (χ1n) is 17.5. The van der Waals surface area contributed by atoms with Gasteiger partial charge < -0.3 is 29.0 Å². The second-order valence-corrected chi connectivity index (χ2v) is 18.0.